The molecule has 0 heterocycles. The molecule has 0 aromatic heterocycles. The van der Waals surface area contributed by atoms with E-state index in [0.29, 0.717) is 23.5 Å². The van der Waals surface area contributed by atoms with E-state index in [-0.39, 0.29) is 5.82 Å². The summed E-state index contributed by atoms with van der Waals surface area (Å²) in [6.07, 6.45) is 1.91. The SMILES string of the molecule is CCC(CCCl)NCc1cc(F)ccc1Cl. The lowest BCUT2D eigenvalue weighted by molar-refractivity contribution is 0.485. The Balaban J connectivity index is 2.55. The molecule has 1 aromatic carbocycles. The van der Waals surface area contributed by atoms with Crippen LogP contribution >= 0.6 is 23.2 Å². The molecule has 0 radical (unpaired) electrons. The van der Waals surface area contributed by atoms with Crippen LogP contribution in [-0.4, -0.2) is 11.9 Å². The maximum Gasteiger partial charge on any atom is 0.123 e. The van der Waals surface area contributed by atoms with Crippen LogP contribution in [-0.2, 0) is 6.54 Å². The Morgan fingerprint density at radius 2 is 2.19 bits per heavy atom. The fourth-order valence-electron chi connectivity index (χ4n) is 1.52. The van der Waals surface area contributed by atoms with Crippen LogP contribution in [0.2, 0.25) is 5.02 Å². The Labute approximate surface area is 106 Å². The number of nitrogens with one attached hydrogen (secondary N) is 1. The standard InChI is InChI=1S/C12H16Cl2FN/c1-2-11(5-6-13)16-8-9-7-10(15)3-4-12(9)14/h3-4,7,11,16H,2,5-6,8H2,1H3. The highest BCUT2D eigenvalue weighted by Crippen LogP contribution is 2.17. The van der Waals surface area contributed by atoms with Crippen molar-refractivity contribution in [2.45, 2.75) is 32.4 Å². The van der Waals surface area contributed by atoms with Crippen molar-refractivity contribution in [3.63, 3.8) is 0 Å². The molecular formula is C12H16Cl2FN. The molecule has 16 heavy (non-hydrogen) atoms. The molecule has 1 nitrogen and oxygen atoms in total. The van der Waals surface area contributed by atoms with Gasteiger partial charge in [0.05, 0.1) is 0 Å². The number of halogens is 3. The van der Waals surface area contributed by atoms with Crippen molar-refractivity contribution in [1.82, 2.24) is 5.32 Å². The molecule has 0 aliphatic heterocycles. The average molecular weight is 264 g/mol. The molecule has 4 heteroatoms. The van der Waals surface area contributed by atoms with Gasteiger partial charge in [0, 0.05) is 23.5 Å². The molecule has 1 N–H and O–H groups in total. The molecule has 1 unspecified atom stereocenters. The minimum atomic E-state index is -0.258. The van der Waals surface area contributed by atoms with E-state index in [2.05, 4.69) is 12.2 Å². The molecule has 0 saturated carbocycles. The summed E-state index contributed by atoms with van der Waals surface area (Å²) in [6, 6.07) is 4.76. The molecule has 90 valence electrons. The summed E-state index contributed by atoms with van der Waals surface area (Å²) in [4.78, 5) is 0. The summed E-state index contributed by atoms with van der Waals surface area (Å²) >= 11 is 11.7. The Bertz CT molecular complexity index is 331. The van der Waals surface area contributed by atoms with Crippen molar-refractivity contribution in [2.24, 2.45) is 0 Å². The summed E-state index contributed by atoms with van der Waals surface area (Å²) in [6.45, 7) is 2.67. The van der Waals surface area contributed by atoms with E-state index in [1.807, 2.05) is 0 Å². The first-order valence-corrected chi connectivity index (χ1v) is 6.32. The number of hydrogen-bond donors (Lipinski definition) is 1. The molecule has 1 rings (SSSR count). The fourth-order valence-corrected chi connectivity index (χ4v) is 1.96. The van der Waals surface area contributed by atoms with Gasteiger partial charge < -0.3 is 5.32 Å². The van der Waals surface area contributed by atoms with Crippen LogP contribution in [0.1, 0.15) is 25.3 Å². The van der Waals surface area contributed by atoms with Gasteiger partial charge in [-0.3, -0.25) is 0 Å². The van der Waals surface area contributed by atoms with Crippen molar-refractivity contribution in [2.75, 3.05) is 5.88 Å². The highest BCUT2D eigenvalue weighted by atomic mass is 35.5. The highest BCUT2D eigenvalue weighted by molar-refractivity contribution is 6.31. The molecule has 1 aromatic rings. The van der Waals surface area contributed by atoms with Crippen LogP contribution in [0.15, 0.2) is 18.2 Å². The maximum absolute atomic E-state index is 13.0. The minimum absolute atomic E-state index is 0.258. The zero-order valence-corrected chi connectivity index (χ0v) is 10.8. The van der Waals surface area contributed by atoms with Crippen LogP contribution < -0.4 is 5.32 Å². The van der Waals surface area contributed by atoms with Gasteiger partial charge >= 0.3 is 0 Å². The van der Waals surface area contributed by atoms with E-state index in [1.54, 1.807) is 6.07 Å². The predicted molar refractivity (Wildman–Crippen MR) is 67.7 cm³/mol. The number of alkyl halides is 1. The van der Waals surface area contributed by atoms with Gasteiger partial charge in [-0.1, -0.05) is 18.5 Å². The van der Waals surface area contributed by atoms with E-state index < -0.39 is 0 Å². The summed E-state index contributed by atoms with van der Waals surface area (Å²) in [5, 5.41) is 3.91. The largest absolute Gasteiger partial charge is 0.310 e. The maximum atomic E-state index is 13.0. The van der Waals surface area contributed by atoms with Crippen LogP contribution in [0, 0.1) is 5.82 Å². The first-order chi connectivity index (χ1) is 7.67. The van der Waals surface area contributed by atoms with Gasteiger partial charge in [-0.25, -0.2) is 4.39 Å². The number of benzene rings is 1. The second kappa shape index (κ2) is 7.10. The molecule has 0 fully saturated rings. The highest BCUT2D eigenvalue weighted by Gasteiger charge is 2.07. The third-order valence-corrected chi connectivity index (χ3v) is 3.13. The molecule has 0 aliphatic rings. The summed E-state index contributed by atoms with van der Waals surface area (Å²) in [7, 11) is 0. The van der Waals surface area contributed by atoms with Gasteiger partial charge in [0.1, 0.15) is 5.82 Å². The molecule has 0 aliphatic carbocycles. The molecular weight excluding hydrogens is 248 g/mol. The topological polar surface area (TPSA) is 12.0 Å². The van der Waals surface area contributed by atoms with Crippen LogP contribution in [0.5, 0.6) is 0 Å². The number of rotatable bonds is 6. The van der Waals surface area contributed by atoms with E-state index in [4.69, 9.17) is 23.2 Å². The van der Waals surface area contributed by atoms with Crippen LogP contribution in [0.4, 0.5) is 4.39 Å². The van der Waals surface area contributed by atoms with Gasteiger partial charge in [-0.15, -0.1) is 11.6 Å². The number of hydrogen-bond acceptors (Lipinski definition) is 1. The molecule has 0 spiro atoms. The Morgan fingerprint density at radius 3 is 2.81 bits per heavy atom. The van der Waals surface area contributed by atoms with E-state index >= 15 is 0 Å². The summed E-state index contributed by atoms with van der Waals surface area (Å²) in [5.74, 6) is 0.370. The first kappa shape index (κ1) is 13.8. The van der Waals surface area contributed by atoms with Gasteiger partial charge in [-0.05, 0) is 36.6 Å². The second-order valence-corrected chi connectivity index (χ2v) is 4.48. The van der Waals surface area contributed by atoms with Gasteiger partial charge in [0.15, 0.2) is 0 Å². The Kier molecular flexibility index (Phi) is 6.10. The van der Waals surface area contributed by atoms with Crippen molar-refractivity contribution >= 4 is 23.2 Å². The third kappa shape index (κ3) is 4.28. The van der Waals surface area contributed by atoms with E-state index in [1.165, 1.54) is 12.1 Å². The van der Waals surface area contributed by atoms with E-state index in [0.717, 1.165) is 18.4 Å². The fraction of sp³-hybridized carbons (Fsp3) is 0.500. The lowest BCUT2D eigenvalue weighted by atomic mass is 10.1. The van der Waals surface area contributed by atoms with Gasteiger partial charge in [-0.2, -0.15) is 0 Å². The van der Waals surface area contributed by atoms with Crippen molar-refractivity contribution in [1.29, 1.82) is 0 Å². The summed E-state index contributed by atoms with van der Waals surface area (Å²) < 4.78 is 13.0. The monoisotopic (exact) mass is 263 g/mol. The third-order valence-electron chi connectivity index (χ3n) is 2.54. The second-order valence-electron chi connectivity index (χ2n) is 3.70. The van der Waals surface area contributed by atoms with Gasteiger partial charge in [0.2, 0.25) is 0 Å². The quantitative estimate of drug-likeness (QED) is 0.766. The molecule has 1 atom stereocenters. The average Bonchev–Trinajstić information content (AvgIpc) is 2.28. The molecule has 0 saturated heterocycles. The normalized spacial score (nSPS) is 12.8. The Hall–Kier alpha value is -0.310. The van der Waals surface area contributed by atoms with Crippen LogP contribution in [0.25, 0.3) is 0 Å². The molecule has 0 bridgehead atoms. The zero-order valence-electron chi connectivity index (χ0n) is 9.27. The minimum Gasteiger partial charge on any atom is -0.310 e. The molecule has 0 amide bonds. The van der Waals surface area contributed by atoms with Crippen molar-refractivity contribution in [3.8, 4) is 0 Å². The first-order valence-electron chi connectivity index (χ1n) is 5.40. The summed E-state index contributed by atoms with van der Waals surface area (Å²) in [5.41, 5.74) is 0.787. The lowest BCUT2D eigenvalue weighted by Gasteiger charge is -2.16. The van der Waals surface area contributed by atoms with Crippen molar-refractivity contribution in [3.05, 3.63) is 34.6 Å². The smallest absolute Gasteiger partial charge is 0.123 e. The lowest BCUT2D eigenvalue weighted by Crippen LogP contribution is -2.28. The Morgan fingerprint density at radius 1 is 1.44 bits per heavy atom. The van der Waals surface area contributed by atoms with Gasteiger partial charge in [0.25, 0.3) is 0 Å². The van der Waals surface area contributed by atoms with E-state index in [9.17, 15) is 4.39 Å². The zero-order chi connectivity index (χ0) is 12.0. The van der Waals surface area contributed by atoms with Crippen LogP contribution in [0.3, 0.4) is 0 Å². The predicted octanol–water partition coefficient (Wildman–Crippen LogP) is 3.98. The van der Waals surface area contributed by atoms with Crippen molar-refractivity contribution < 1.29 is 4.39 Å².